The molecule has 5 atom stereocenters. The SMILES string of the molecule is O[C@H]1[C@@H]2[C@H](O)[C@H](O)CN2CC[C@H]1O. The van der Waals surface area contributed by atoms with Crippen molar-refractivity contribution in [2.45, 2.75) is 36.9 Å². The third-order valence-corrected chi connectivity index (χ3v) is 3.04. The van der Waals surface area contributed by atoms with E-state index in [9.17, 15) is 20.4 Å². The summed E-state index contributed by atoms with van der Waals surface area (Å²) in [4.78, 5) is 1.83. The van der Waals surface area contributed by atoms with Gasteiger partial charge in [-0.3, -0.25) is 4.90 Å². The minimum Gasteiger partial charge on any atom is -0.390 e. The van der Waals surface area contributed by atoms with Crippen LogP contribution in [0.5, 0.6) is 0 Å². The summed E-state index contributed by atoms with van der Waals surface area (Å²) >= 11 is 0. The van der Waals surface area contributed by atoms with Gasteiger partial charge in [0.2, 0.25) is 0 Å². The second-order valence-corrected chi connectivity index (χ2v) is 3.89. The van der Waals surface area contributed by atoms with E-state index in [2.05, 4.69) is 0 Å². The highest BCUT2D eigenvalue weighted by molar-refractivity contribution is 5.02. The second kappa shape index (κ2) is 3.18. The molecule has 0 aromatic heterocycles. The molecule has 0 spiro atoms. The lowest BCUT2D eigenvalue weighted by Crippen LogP contribution is -2.55. The molecule has 2 rings (SSSR count). The Morgan fingerprint density at radius 3 is 2.23 bits per heavy atom. The van der Waals surface area contributed by atoms with E-state index in [-0.39, 0.29) is 0 Å². The zero-order valence-electron chi connectivity index (χ0n) is 7.24. The molecule has 0 radical (unpaired) electrons. The topological polar surface area (TPSA) is 84.2 Å². The zero-order valence-corrected chi connectivity index (χ0v) is 7.24. The van der Waals surface area contributed by atoms with Crippen molar-refractivity contribution < 1.29 is 20.4 Å². The summed E-state index contributed by atoms with van der Waals surface area (Å²) in [5.41, 5.74) is 0. The maximum Gasteiger partial charge on any atom is 0.0992 e. The second-order valence-electron chi connectivity index (χ2n) is 3.89. The van der Waals surface area contributed by atoms with Crippen LogP contribution >= 0.6 is 0 Å². The fourth-order valence-electron chi connectivity index (χ4n) is 2.27. The van der Waals surface area contributed by atoms with Crippen LogP contribution in [-0.2, 0) is 0 Å². The molecular formula is C8H15NO4. The predicted molar refractivity (Wildman–Crippen MR) is 44.0 cm³/mol. The van der Waals surface area contributed by atoms with Gasteiger partial charge in [-0.15, -0.1) is 0 Å². The first kappa shape index (κ1) is 9.36. The van der Waals surface area contributed by atoms with Crippen LogP contribution in [0.25, 0.3) is 0 Å². The first-order chi connectivity index (χ1) is 6.11. The van der Waals surface area contributed by atoms with E-state index in [4.69, 9.17) is 0 Å². The van der Waals surface area contributed by atoms with Crippen LogP contribution in [0, 0.1) is 0 Å². The standard InChI is InChI=1S/C8H15NO4/c10-4-1-2-9-3-5(11)8(13)6(9)7(4)12/h4-8,10-13H,1-3H2/t4-,5-,6-,7-,8-/m1/s1. The lowest BCUT2D eigenvalue weighted by molar-refractivity contribution is -0.0907. The van der Waals surface area contributed by atoms with E-state index in [0.29, 0.717) is 19.5 Å². The molecule has 4 N–H and O–H groups in total. The number of hydrogen-bond acceptors (Lipinski definition) is 5. The van der Waals surface area contributed by atoms with Gasteiger partial charge in [0, 0.05) is 13.1 Å². The molecule has 0 saturated carbocycles. The minimum absolute atomic E-state index is 0.385. The van der Waals surface area contributed by atoms with Crippen LogP contribution in [0.1, 0.15) is 6.42 Å². The first-order valence-electron chi connectivity index (χ1n) is 4.57. The van der Waals surface area contributed by atoms with Gasteiger partial charge in [-0.1, -0.05) is 0 Å². The van der Waals surface area contributed by atoms with Crippen molar-refractivity contribution in [2.24, 2.45) is 0 Å². The number of piperidine rings is 1. The van der Waals surface area contributed by atoms with Gasteiger partial charge < -0.3 is 20.4 Å². The molecule has 0 amide bonds. The Morgan fingerprint density at radius 2 is 1.54 bits per heavy atom. The molecule has 5 heteroatoms. The highest BCUT2D eigenvalue weighted by Gasteiger charge is 2.48. The molecule has 2 aliphatic heterocycles. The number of aliphatic hydroxyl groups is 4. The van der Waals surface area contributed by atoms with Gasteiger partial charge in [0.1, 0.15) is 0 Å². The number of hydrogen-bond donors (Lipinski definition) is 4. The highest BCUT2D eigenvalue weighted by atomic mass is 16.4. The fraction of sp³-hybridized carbons (Fsp3) is 1.00. The van der Waals surface area contributed by atoms with Crippen LogP contribution in [-0.4, -0.2) is 68.9 Å². The zero-order chi connectivity index (χ0) is 9.59. The molecular weight excluding hydrogens is 174 g/mol. The summed E-state index contributed by atoms with van der Waals surface area (Å²) in [5, 5.41) is 37.8. The molecule has 2 fully saturated rings. The highest BCUT2D eigenvalue weighted by Crippen LogP contribution is 2.27. The van der Waals surface area contributed by atoms with Gasteiger partial charge >= 0.3 is 0 Å². The molecule has 0 aliphatic carbocycles. The van der Waals surface area contributed by atoms with Crippen molar-refractivity contribution in [1.82, 2.24) is 4.90 Å². The van der Waals surface area contributed by atoms with Crippen LogP contribution in [0.4, 0.5) is 0 Å². The summed E-state index contributed by atoms with van der Waals surface area (Å²) in [5.74, 6) is 0. The molecule has 2 aliphatic rings. The third kappa shape index (κ3) is 1.37. The van der Waals surface area contributed by atoms with Crippen molar-refractivity contribution in [3.8, 4) is 0 Å². The van der Waals surface area contributed by atoms with Crippen molar-refractivity contribution in [2.75, 3.05) is 13.1 Å². The maximum absolute atomic E-state index is 9.57. The molecule has 0 aromatic carbocycles. The van der Waals surface area contributed by atoms with Crippen LogP contribution in [0.15, 0.2) is 0 Å². The Hall–Kier alpha value is -0.200. The summed E-state index contributed by atoms with van der Waals surface area (Å²) in [7, 11) is 0. The predicted octanol–water partition coefficient (Wildman–Crippen LogP) is -2.48. The Morgan fingerprint density at radius 1 is 0.923 bits per heavy atom. The van der Waals surface area contributed by atoms with Crippen molar-refractivity contribution in [3.05, 3.63) is 0 Å². The molecule has 0 unspecified atom stereocenters. The first-order valence-corrected chi connectivity index (χ1v) is 4.57. The van der Waals surface area contributed by atoms with Crippen molar-refractivity contribution in [3.63, 3.8) is 0 Å². The van der Waals surface area contributed by atoms with Gasteiger partial charge in [-0.2, -0.15) is 0 Å². The average molecular weight is 189 g/mol. The van der Waals surface area contributed by atoms with E-state index in [1.807, 2.05) is 4.90 Å². The summed E-state index contributed by atoms with van der Waals surface area (Å²) in [6.07, 6.45) is -2.96. The normalized spacial score (nSPS) is 52.2. The minimum atomic E-state index is -0.944. The summed E-state index contributed by atoms with van der Waals surface area (Å²) < 4.78 is 0. The molecule has 5 nitrogen and oxygen atoms in total. The maximum atomic E-state index is 9.57. The molecule has 2 heterocycles. The van der Waals surface area contributed by atoms with Crippen molar-refractivity contribution in [1.29, 1.82) is 0 Å². The van der Waals surface area contributed by atoms with E-state index >= 15 is 0 Å². The third-order valence-electron chi connectivity index (χ3n) is 3.04. The molecule has 13 heavy (non-hydrogen) atoms. The Labute approximate surface area is 76.2 Å². The Balaban J connectivity index is 2.14. The number of aliphatic hydroxyl groups excluding tert-OH is 4. The Kier molecular flexibility index (Phi) is 2.29. The molecule has 2 saturated heterocycles. The molecule has 76 valence electrons. The van der Waals surface area contributed by atoms with Crippen molar-refractivity contribution >= 4 is 0 Å². The monoisotopic (exact) mass is 189 g/mol. The Bertz CT molecular complexity index is 199. The average Bonchev–Trinajstić information content (AvgIpc) is 2.37. The van der Waals surface area contributed by atoms with Gasteiger partial charge in [0.15, 0.2) is 0 Å². The quantitative estimate of drug-likeness (QED) is 0.339. The smallest absolute Gasteiger partial charge is 0.0992 e. The van der Waals surface area contributed by atoms with E-state index in [1.54, 1.807) is 0 Å². The van der Waals surface area contributed by atoms with Crippen LogP contribution < -0.4 is 0 Å². The number of nitrogens with zero attached hydrogens (tertiary/aromatic N) is 1. The van der Waals surface area contributed by atoms with Gasteiger partial charge in [0.25, 0.3) is 0 Å². The van der Waals surface area contributed by atoms with Crippen LogP contribution in [0.3, 0.4) is 0 Å². The van der Waals surface area contributed by atoms with E-state index in [0.717, 1.165) is 0 Å². The largest absolute Gasteiger partial charge is 0.390 e. The molecule has 0 aromatic rings. The van der Waals surface area contributed by atoms with Gasteiger partial charge in [-0.05, 0) is 6.42 Å². The van der Waals surface area contributed by atoms with E-state index in [1.165, 1.54) is 0 Å². The lowest BCUT2D eigenvalue weighted by atomic mass is 9.94. The fourth-order valence-corrected chi connectivity index (χ4v) is 2.27. The summed E-state index contributed by atoms with van der Waals surface area (Å²) in [6, 6.07) is -0.501. The lowest BCUT2D eigenvalue weighted by Gasteiger charge is -2.37. The molecule has 0 bridgehead atoms. The summed E-state index contributed by atoms with van der Waals surface area (Å²) in [6.45, 7) is 1.01. The number of rotatable bonds is 0. The van der Waals surface area contributed by atoms with Gasteiger partial charge in [-0.25, -0.2) is 0 Å². The van der Waals surface area contributed by atoms with E-state index < -0.39 is 30.5 Å². The number of fused-ring (bicyclic) bond motifs is 1. The van der Waals surface area contributed by atoms with Crippen LogP contribution in [0.2, 0.25) is 0 Å². The van der Waals surface area contributed by atoms with Gasteiger partial charge in [0.05, 0.1) is 30.5 Å².